The van der Waals surface area contributed by atoms with Crippen LogP contribution in [0.15, 0.2) is 0 Å². The minimum atomic E-state index is -0.511. The predicted octanol–water partition coefficient (Wildman–Crippen LogP) is 0.267. The van der Waals surface area contributed by atoms with Crippen LogP contribution in [-0.4, -0.2) is 35.8 Å². The highest BCUT2D eigenvalue weighted by Crippen LogP contribution is 2.41. The molecule has 1 saturated heterocycles. The topological polar surface area (TPSA) is 50.7 Å². The van der Waals surface area contributed by atoms with E-state index in [4.69, 9.17) is 9.47 Å². The first-order chi connectivity index (χ1) is 6.57. The number of hydrogen-bond acceptors (Lipinski definition) is 4. The zero-order chi connectivity index (χ0) is 10.3. The number of rotatable bonds is 2. The fourth-order valence-corrected chi connectivity index (χ4v) is 2.75. The lowest BCUT2D eigenvalue weighted by atomic mass is 10.1. The van der Waals surface area contributed by atoms with E-state index in [1.165, 1.54) is 0 Å². The van der Waals surface area contributed by atoms with Crippen molar-refractivity contribution < 1.29 is 14.6 Å². The molecule has 0 spiro atoms. The van der Waals surface area contributed by atoms with Crippen LogP contribution in [0.1, 0.15) is 20.3 Å². The van der Waals surface area contributed by atoms with Gasteiger partial charge in [0.15, 0.2) is 5.79 Å². The molecule has 1 heterocycles. The molecule has 2 aliphatic rings. The molecule has 5 heteroatoms. The Morgan fingerprint density at radius 1 is 1.43 bits per heavy atom. The third-order valence-corrected chi connectivity index (χ3v) is 3.46. The van der Waals surface area contributed by atoms with E-state index < -0.39 is 5.79 Å². The lowest BCUT2D eigenvalue weighted by Crippen LogP contribution is -2.35. The first kappa shape index (κ1) is 10.8. The Morgan fingerprint density at radius 2 is 2.07 bits per heavy atom. The summed E-state index contributed by atoms with van der Waals surface area (Å²) in [6.45, 7) is 4.00. The van der Waals surface area contributed by atoms with E-state index in [-0.39, 0.29) is 30.8 Å². The van der Waals surface area contributed by atoms with Gasteiger partial charge in [-0.2, -0.15) is 0 Å². The van der Waals surface area contributed by atoms with Gasteiger partial charge in [-0.3, -0.25) is 5.09 Å². The van der Waals surface area contributed by atoms with Crippen molar-refractivity contribution in [2.45, 2.75) is 44.3 Å². The second-order valence-electron chi connectivity index (χ2n) is 4.52. The first-order valence-corrected chi connectivity index (χ1v) is 5.58. The van der Waals surface area contributed by atoms with Gasteiger partial charge in [0.05, 0.1) is 6.10 Å². The average molecular weight is 219 g/mol. The molecule has 4 nitrogen and oxygen atoms in total. The number of fused-ring (bicyclic) bond motifs is 1. The zero-order valence-electron chi connectivity index (χ0n) is 8.56. The quantitative estimate of drug-likeness (QED) is 0.654. The Labute approximate surface area is 86.6 Å². The number of hydrogen-bond donors (Lipinski definition) is 2. The summed E-state index contributed by atoms with van der Waals surface area (Å²) in [6, 6.07) is 0.268. The summed E-state index contributed by atoms with van der Waals surface area (Å²) in [7, 11) is 2.51. The lowest BCUT2D eigenvalue weighted by molar-refractivity contribution is -0.159. The van der Waals surface area contributed by atoms with Gasteiger partial charge >= 0.3 is 0 Å². The van der Waals surface area contributed by atoms with E-state index in [0.717, 1.165) is 6.42 Å². The molecule has 5 atom stereocenters. The van der Waals surface area contributed by atoms with Crippen LogP contribution in [-0.2, 0) is 9.47 Å². The van der Waals surface area contributed by atoms with Crippen LogP contribution in [0.4, 0.5) is 0 Å². The van der Waals surface area contributed by atoms with Crippen molar-refractivity contribution >= 4 is 9.39 Å². The Balaban J connectivity index is 2.12. The standard InChI is InChI=1S/C9H18NO3P/c1-9(2)12-7-5(4-11)3-6(10-14)8(7)13-9/h5-8,10-11H,3-4,14H2,1-2H3. The second-order valence-corrected chi connectivity index (χ2v) is 4.85. The summed E-state index contributed by atoms with van der Waals surface area (Å²) >= 11 is 0. The van der Waals surface area contributed by atoms with Crippen LogP contribution in [0.3, 0.4) is 0 Å². The fourth-order valence-electron chi connectivity index (χ4n) is 2.43. The number of nitrogens with one attached hydrogen (secondary N) is 1. The summed E-state index contributed by atoms with van der Waals surface area (Å²) in [6.07, 6.45) is 1.01. The molecule has 0 aromatic heterocycles. The molecule has 2 N–H and O–H groups in total. The number of aliphatic hydroxyl groups excluding tert-OH is 1. The van der Waals surface area contributed by atoms with Crippen LogP contribution in [0.5, 0.6) is 0 Å². The molecule has 14 heavy (non-hydrogen) atoms. The van der Waals surface area contributed by atoms with Gasteiger partial charge in [0.25, 0.3) is 0 Å². The largest absolute Gasteiger partial charge is 0.396 e. The van der Waals surface area contributed by atoms with Crippen molar-refractivity contribution in [1.82, 2.24) is 5.09 Å². The van der Waals surface area contributed by atoms with Gasteiger partial charge < -0.3 is 14.6 Å². The molecule has 0 aromatic carbocycles. The molecule has 1 aliphatic heterocycles. The fraction of sp³-hybridized carbons (Fsp3) is 1.00. The molecule has 82 valence electrons. The smallest absolute Gasteiger partial charge is 0.163 e. The zero-order valence-corrected chi connectivity index (χ0v) is 9.72. The van der Waals surface area contributed by atoms with Crippen molar-refractivity contribution in [1.29, 1.82) is 0 Å². The van der Waals surface area contributed by atoms with Crippen molar-refractivity contribution in [3.63, 3.8) is 0 Å². The highest BCUT2D eigenvalue weighted by molar-refractivity contribution is 7.13. The molecular formula is C9H18NO3P. The van der Waals surface area contributed by atoms with E-state index in [1.807, 2.05) is 13.8 Å². The molecule has 0 amide bonds. The highest BCUT2D eigenvalue weighted by atomic mass is 31.0. The summed E-state index contributed by atoms with van der Waals surface area (Å²) in [5, 5.41) is 12.4. The average Bonchev–Trinajstić information content (AvgIpc) is 2.57. The molecular weight excluding hydrogens is 201 g/mol. The molecule has 5 unspecified atom stereocenters. The lowest BCUT2D eigenvalue weighted by Gasteiger charge is -2.22. The maximum absolute atomic E-state index is 9.23. The van der Waals surface area contributed by atoms with E-state index in [2.05, 4.69) is 14.5 Å². The van der Waals surface area contributed by atoms with Crippen molar-refractivity contribution in [2.75, 3.05) is 6.61 Å². The molecule has 0 aromatic rings. The van der Waals surface area contributed by atoms with Gasteiger partial charge in [0.2, 0.25) is 0 Å². The van der Waals surface area contributed by atoms with Crippen LogP contribution < -0.4 is 5.09 Å². The van der Waals surface area contributed by atoms with Crippen LogP contribution >= 0.6 is 9.39 Å². The molecule has 1 saturated carbocycles. The summed E-state index contributed by atoms with van der Waals surface area (Å²) in [5.74, 6) is -0.317. The SMILES string of the molecule is CC1(C)OC2C(CO)CC(NP)C2O1. The summed E-state index contributed by atoms with van der Waals surface area (Å²) in [4.78, 5) is 0. The van der Waals surface area contributed by atoms with E-state index in [0.29, 0.717) is 0 Å². The van der Waals surface area contributed by atoms with Gasteiger partial charge in [-0.15, -0.1) is 0 Å². The van der Waals surface area contributed by atoms with E-state index >= 15 is 0 Å². The molecule has 0 radical (unpaired) electrons. The maximum atomic E-state index is 9.23. The third-order valence-electron chi connectivity index (χ3n) is 3.03. The third kappa shape index (κ3) is 1.70. The number of ether oxygens (including phenoxy) is 2. The van der Waals surface area contributed by atoms with Gasteiger partial charge in [-0.05, 0) is 20.3 Å². The van der Waals surface area contributed by atoms with Crippen molar-refractivity contribution in [3.05, 3.63) is 0 Å². The normalized spacial score (nSPS) is 45.4. The molecule has 1 aliphatic carbocycles. The Bertz CT molecular complexity index is 204. The van der Waals surface area contributed by atoms with Crippen LogP contribution in [0.2, 0.25) is 0 Å². The van der Waals surface area contributed by atoms with Crippen LogP contribution in [0, 0.1) is 5.92 Å². The van der Waals surface area contributed by atoms with Gasteiger partial charge in [0.1, 0.15) is 6.10 Å². The van der Waals surface area contributed by atoms with Gasteiger partial charge in [-0.25, -0.2) is 0 Å². The Morgan fingerprint density at radius 3 is 2.64 bits per heavy atom. The van der Waals surface area contributed by atoms with Gasteiger partial charge in [-0.1, -0.05) is 9.39 Å². The maximum Gasteiger partial charge on any atom is 0.163 e. The molecule has 2 rings (SSSR count). The van der Waals surface area contributed by atoms with Gasteiger partial charge in [0, 0.05) is 18.6 Å². The van der Waals surface area contributed by atoms with E-state index in [1.54, 1.807) is 0 Å². The number of aliphatic hydroxyl groups is 1. The molecule has 0 bridgehead atoms. The monoisotopic (exact) mass is 219 g/mol. The predicted molar refractivity (Wildman–Crippen MR) is 55.7 cm³/mol. The van der Waals surface area contributed by atoms with Crippen LogP contribution in [0.25, 0.3) is 0 Å². The first-order valence-electron chi connectivity index (χ1n) is 5.00. The highest BCUT2D eigenvalue weighted by Gasteiger charge is 2.53. The second kappa shape index (κ2) is 3.69. The summed E-state index contributed by atoms with van der Waals surface area (Å²) < 4.78 is 11.6. The molecule has 2 fully saturated rings. The Kier molecular flexibility index (Phi) is 2.84. The minimum absolute atomic E-state index is 0.0352. The van der Waals surface area contributed by atoms with Crippen molar-refractivity contribution in [2.24, 2.45) is 5.92 Å². The minimum Gasteiger partial charge on any atom is -0.396 e. The van der Waals surface area contributed by atoms with Crippen molar-refractivity contribution in [3.8, 4) is 0 Å². The van der Waals surface area contributed by atoms with E-state index in [9.17, 15) is 5.11 Å². The Hall–Kier alpha value is 0.270. The summed E-state index contributed by atoms with van der Waals surface area (Å²) in [5.41, 5.74) is 0.